The predicted molar refractivity (Wildman–Crippen MR) is 128 cm³/mol. The highest BCUT2D eigenvalue weighted by molar-refractivity contribution is 5.83. The second-order valence-corrected chi connectivity index (χ2v) is 8.93. The number of aryl methyl sites for hydroxylation is 3. The van der Waals surface area contributed by atoms with Crippen LogP contribution in [0.2, 0.25) is 0 Å². The number of ether oxygens (including phenoxy) is 1. The topological polar surface area (TPSA) is 42.7 Å². The maximum atomic E-state index is 5.43. The first kappa shape index (κ1) is 21.7. The summed E-state index contributed by atoms with van der Waals surface area (Å²) < 4.78 is 7.56. The first-order valence-corrected chi connectivity index (χ1v) is 11.8. The lowest BCUT2D eigenvalue weighted by Gasteiger charge is -2.31. The van der Waals surface area contributed by atoms with E-state index < -0.39 is 0 Å². The third kappa shape index (κ3) is 3.79. The monoisotopic (exact) mass is 420 g/mol. The predicted octanol–water partition coefficient (Wildman–Crippen LogP) is 5.92. The lowest BCUT2D eigenvalue weighted by atomic mass is 10.0. The minimum atomic E-state index is 0.529. The Bertz CT molecular complexity index is 1080. The van der Waals surface area contributed by atoms with Crippen molar-refractivity contribution >= 4 is 11.5 Å². The van der Waals surface area contributed by atoms with E-state index >= 15 is 0 Å². The quantitative estimate of drug-likeness (QED) is 0.454. The number of nitrogens with zero attached hydrogens (tertiary/aromatic N) is 4. The maximum Gasteiger partial charge on any atom is 0.165 e. The number of fused-ring (bicyclic) bond motifs is 2. The first-order chi connectivity index (χ1) is 15.0. The molecule has 0 spiro atoms. The van der Waals surface area contributed by atoms with Crippen LogP contribution >= 0.6 is 0 Å². The Morgan fingerprint density at radius 1 is 1.13 bits per heavy atom. The van der Waals surface area contributed by atoms with Crippen LogP contribution in [-0.4, -0.2) is 34.8 Å². The molecule has 5 heteroatoms. The lowest BCUT2D eigenvalue weighted by molar-refractivity contribution is 0.414. The fraction of sp³-hybridized carbons (Fsp3) is 0.538. The van der Waals surface area contributed by atoms with Crippen LogP contribution in [0.15, 0.2) is 18.2 Å². The lowest BCUT2D eigenvalue weighted by Crippen LogP contribution is -2.34. The van der Waals surface area contributed by atoms with Crippen molar-refractivity contribution in [2.24, 2.45) is 0 Å². The van der Waals surface area contributed by atoms with E-state index in [1.807, 2.05) is 6.07 Å². The molecule has 1 aliphatic carbocycles. The van der Waals surface area contributed by atoms with Crippen LogP contribution in [0.3, 0.4) is 0 Å². The van der Waals surface area contributed by atoms with Gasteiger partial charge in [0.2, 0.25) is 0 Å². The number of aromatic nitrogens is 3. The Morgan fingerprint density at radius 2 is 1.87 bits per heavy atom. The zero-order chi connectivity index (χ0) is 22.1. The van der Waals surface area contributed by atoms with Crippen molar-refractivity contribution in [3.05, 3.63) is 40.7 Å². The zero-order valence-corrected chi connectivity index (χ0v) is 20.0. The Labute approximate surface area is 186 Å². The third-order valence-corrected chi connectivity index (χ3v) is 6.76. The summed E-state index contributed by atoms with van der Waals surface area (Å²) >= 11 is 0. The molecular formula is C26H36N4O. The van der Waals surface area contributed by atoms with Gasteiger partial charge in [-0.1, -0.05) is 32.8 Å². The molecule has 0 fully saturated rings. The summed E-state index contributed by atoms with van der Waals surface area (Å²) in [6.45, 7) is 8.81. The highest BCUT2D eigenvalue weighted by atomic mass is 16.5. The largest absolute Gasteiger partial charge is 0.497 e. The highest BCUT2D eigenvalue weighted by Crippen LogP contribution is 2.38. The van der Waals surface area contributed by atoms with E-state index in [9.17, 15) is 0 Å². The highest BCUT2D eigenvalue weighted by Gasteiger charge is 2.28. The SMILES string of the molecule is CCCC(CCC)N(C)c1c2c(nc3c(-c4ccc(OC)cc4C)c(C)nn13)CCC2. The molecule has 0 N–H and O–H groups in total. The molecule has 3 aromatic rings. The summed E-state index contributed by atoms with van der Waals surface area (Å²) in [5, 5.41) is 5.06. The van der Waals surface area contributed by atoms with E-state index in [0.29, 0.717) is 6.04 Å². The third-order valence-electron chi connectivity index (χ3n) is 6.76. The molecule has 0 radical (unpaired) electrons. The molecule has 4 rings (SSSR count). The van der Waals surface area contributed by atoms with Gasteiger partial charge in [0.1, 0.15) is 11.6 Å². The number of rotatable bonds is 8. The fourth-order valence-corrected chi connectivity index (χ4v) is 5.21. The average Bonchev–Trinajstić information content (AvgIpc) is 3.34. The molecular weight excluding hydrogens is 384 g/mol. The average molecular weight is 421 g/mol. The van der Waals surface area contributed by atoms with Gasteiger partial charge in [-0.3, -0.25) is 0 Å². The fourth-order valence-electron chi connectivity index (χ4n) is 5.21. The second-order valence-electron chi connectivity index (χ2n) is 8.93. The molecule has 0 atom stereocenters. The summed E-state index contributed by atoms with van der Waals surface area (Å²) in [6.07, 6.45) is 8.13. The Kier molecular flexibility index (Phi) is 6.22. The van der Waals surface area contributed by atoms with E-state index in [-0.39, 0.29) is 0 Å². The minimum absolute atomic E-state index is 0.529. The van der Waals surface area contributed by atoms with Crippen molar-refractivity contribution in [1.29, 1.82) is 0 Å². The van der Waals surface area contributed by atoms with Crippen LogP contribution in [0.25, 0.3) is 16.8 Å². The summed E-state index contributed by atoms with van der Waals surface area (Å²) in [6, 6.07) is 6.80. The van der Waals surface area contributed by atoms with E-state index in [4.69, 9.17) is 14.8 Å². The van der Waals surface area contributed by atoms with E-state index in [1.54, 1.807) is 7.11 Å². The van der Waals surface area contributed by atoms with Gasteiger partial charge in [-0.2, -0.15) is 9.61 Å². The molecule has 5 nitrogen and oxygen atoms in total. The van der Waals surface area contributed by atoms with E-state index in [0.717, 1.165) is 35.5 Å². The van der Waals surface area contributed by atoms with Gasteiger partial charge in [0, 0.05) is 29.9 Å². The van der Waals surface area contributed by atoms with Crippen molar-refractivity contribution in [2.45, 2.75) is 78.7 Å². The van der Waals surface area contributed by atoms with Gasteiger partial charge < -0.3 is 9.64 Å². The normalized spacial score (nSPS) is 13.3. The molecule has 0 saturated carbocycles. The van der Waals surface area contributed by atoms with Gasteiger partial charge in [-0.25, -0.2) is 4.98 Å². The first-order valence-electron chi connectivity index (χ1n) is 11.8. The number of hydrogen-bond donors (Lipinski definition) is 0. The van der Waals surface area contributed by atoms with Gasteiger partial charge in [0.15, 0.2) is 5.65 Å². The maximum absolute atomic E-state index is 5.43. The van der Waals surface area contributed by atoms with Gasteiger partial charge in [0.25, 0.3) is 0 Å². The van der Waals surface area contributed by atoms with Crippen molar-refractivity contribution in [2.75, 3.05) is 19.1 Å². The van der Waals surface area contributed by atoms with Crippen LogP contribution in [-0.2, 0) is 12.8 Å². The molecule has 2 aromatic heterocycles. The minimum Gasteiger partial charge on any atom is -0.497 e. The molecule has 0 amide bonds. The number of hydrogen-bond acceptors (Lipinski definition) is 4. The van der Waals surface area contributed by atoms with Crippen LogP contribution < -0.4 is 9.64 Å². The Hall–Kier alpha value is -2.56. The van der Waals surface area contributed by atoms with Crippen LogP contribution in [0.1, 0.15) is 68.5 Å². The summed E-state index contributed by atoms with van der Waals surface area (Å²) in [5.74, 6) is 2.14. The van der Waals surface area contributed by atoms with Crippen LogP contribution in [0, 0.1) is 13.8 Å². The molecule has 166 valence electrons. The van der Waals surface area contributed by atoms with Crippen molar-refractivity contribution in [3.8, 4) is 16.9 Å². The molecule has 31 heavy (non-hydrogen) atoms. The van der Waals surface area contributed by atoms with Crippen molar-refractivity contribution < 1.29 is 4.74 Å². The number of anilines is 1. The van der Waals surface area contributed by atoms with E-state index in [1.165, 1.54) is 60.3 Å². The van der Waals surface area contributed by atoms with Gasteiger partial charge in [-0.05, 0) is 69.2 Å². The molecule has 2 heterocycles. The van der Waals surface area contributed by atoms with Crippen molar-refractivity contribution in [1.82, 2.24) is 14.6 Å². The van der Waals surface area contributed by atoms with Gasteiger partial charge in [0.05, 0.1) is 12.8 Å². The Morgan fingerprint density at radius 3 is 2.52 bits per heavy atom. The van der Waals surface area contributed by atoms with Crippen molar-refractivity contribution in [3.63, 3.8) is 0 Å². The second kappa shape index (κ2) is 8.89. The molecule has 0 saturated heterocycles. The summed E-state index contributed by atoms with van der Waals surface area (Å²) in [4.78, 5) is 7.68. The number of methoxy groups -OCH3 is 1. The smallest absolute Gasteiger partial charge is 0.165 e. The van der Waals surface area contributed by atoms with Gasteiger partial charge in [-0.15, -0.1) is 0 Å². The standard InChI is InChI=1S/C26H36N4O/c1-7-10-19(11-8-2)29(5)26-22-12-9-13-23(22)27-25-24(18(4)28-30(25)26)21-15-14-20(31-6)16-17(21)3/h14-16,19H,7-13H2,1-6H3. The van der Waals surface area contributed by atoms with Crippen LogP contribution in [0.4, 0.5) is 5.82 Å². The molecule has 0 unspecified atom stereocenters. The van der Waals surface area contributed by atoms with Crippen LogP contribution in [0.5, 0.6) is 5.75 Å². The molecule has 1 aliphatic rings. The van der Waals surface area contributed by atoms with E-state index in [2.05, 4.69) is 56.3 Å². The molecule has 0 aliphatic heterocycles. The Balaban J connectivity index is 1.93. The molecule has 0 bridgehead atoms. The summed E-state index contributed by atoms with van der Waals surface area (Å²) in [7, 11) is 3.98. The molecule has 1 aromatic carbocycles. The number of benzene rings is 1. The zero-order valence-electron chi connectivity index (χ0n) is 20.0. The summed E-state index contributed by atoms with van der Waals surface area (Å²) in [5.41, 5.74) is 8.19. The van der Waals surface area contributed by atoms with Gasteiger partial charge >= 0.3 is 0 Å².